The fourth-order valence-corrected chi connectivity index (χ4v) is 16.4. The molecule has 0 saturated carbocycles. The van der Waals surface area contributed by atoms with Gasteiger partial charge in [0.05, 0.1) is 81.3 Å². The summed E-state index contributed by atoms with van der Waals surface area (Å²) < 4.78 is 5.51. The smallest absolute Gasteiger partial charge is 0.186 e. The van der Waals surface area contributed by atoms with Gasteiger partial charge in [0, 0.05) is 66.9 Å². The number of aromatic amines is 4. The zero-order valence-corrected chi connectivity index (χ0v) is 70.0. The Balaban J connectivity index is 1.65. The predicted molar refractivity (Wildman–Crippen MR) is 409 cm³/mol. The van der Waals surface area contributed by atoms with E-state index < -0.39 is 43.3 Å². The maximum atomic E-state index is 15.0. The SMILES string of the molecule is CC(C)(C)C1=CC(=C2c3[nH]c(c(Br)c3Br)C(=C3C=C(C(C)(C)C)C(=O)C(C(C)(C)C)=C3)c3[nH]c(c(Br)c3Br)C(=C3C=C(C(C)(C)C)C(=O)C(C(C)(C)C)=C3)c3[nH]c(c(Br)c3Br)C(=C3C=C(C(C)(C)C)C(=O)C(C(C)(C)C)=C3)c3[nH]c2c(Br)c3Br)C=C(C(C)(C)C)C1=O. The van der Waals surface area contributed by atoms with Crippen molar-refractivity contribution in [1.29, 1.82) is 0 Å². The van der Waals surface area contributed by atoms with Gasteiger partial charge in [0.25, 0.3) is 0 Å². The van der Waals surface area contributed by atoms with Gasteiger partial charge in [-0.15, -0.1) is 0 Å². The third-order valence-corrected chi connectivity index (χ3v) is 26.0. The van der Waals surface area contributed by atoms with Gasteiger partial charge in [-0.25, -0.2) is 0 Å². The molecule has 5 heterocycles. The van der Waals surface area contributed by atoms with E-state index in [1.807, 2.05) is 48.6 Å². The maximum absolute atomic E-state index is 15.0. The molecule has 0 unspecified atom stereocenters. The minimum atomic E-state index is -0.566. The number of fused-ring (bicyclic) bond motifs is 8. The van der Waals surface area contributed by atoms with E-state index >= 15 is 19.2 Å². The molecule has 4 aliphatic carbocycles. The quantitative estimate of drug-likeness (QED) is 0.123. The monoisotopic (exact) mass is 1750 g/mol. The van der Waals surface area contributed by atoms with Crippen LogP contribution in [-0.4, -0.2) is 43.1 Å². The van der Waals surface area contributed by atoms with Crippen molar-refractivity contribution in [2.75, 3.05) is 0 Å². The highest BCUT2D eigenvalue weighted by molar-refractivity contribution is 9.14. The zero-order valence-electron chi connectivity index (χ0n) is 57.3. The number of halogens is 8. The molecule has 4 aromatic rings. The van der Waals surface area contributed by atoms with Crippen LogP contribution in [0.1, 0.15) is 212 Å². The highest BCUT2D eigenvalue weighted by atomic mass is 79.9. The van der Waals surface area contributed by atoms with E-state index in [4.69, 9.17) is 0 Å². The Bertz CT molecular complexity index is 3590. The van der Waals surface area contributed by atoms with Gasteiger partial charge in [-0.2, -0.15) is 0 Å². The largest absolute Gasteiger partial charge is 0.352 e. The third-order valence-electron chi connectivity index (χ3n) is 17.5. The molecule has 0 radical (unpaired) electrons. The zero-order chi connectivity index (χ0) is 69.3. The molecule has 16 heteroatoms. The summed E-state index contributed by atoms with van der Waals surface area (Å²) >= 11 is 33.9. The molecule has 5 aliphatic rings. The summed E-state index contributed by atoms with van der Waals surface area (Å²) in [5.74, 6) is -0.0324. The van der Waals surface area contributed by atoms with Gasteiger partial charge in [-0.3, -0.25) is 19.2 Å². The molecule has 0 atom stereocenters. The molecule has 0 spiro atoms. The number of ketones is 4. The Morgan fingerprint density at radius 2 is 0.304 bits per heavy atom. The first-order chi connectivity index (χ1) is 41.7. The number of nitrogens with one attached hydrogen (secondary N) is 4. The topological polar surface area (TPSA) is 131 Å². The molecule has 4 aromatic heterocycles. The summed E-state index contributed by atoms with van der Waals surface area (Å²) in [4.78, 5) is 76.2. The molecule has 0 aromatic carbocycles. The number of hydrogen-bond acceptors (Lipinski definition) is 4. The molecular weight excluding hydrogens is 1670 g/mol. The van der Waals surface area contributed by atoms with E-state index in [1.165, 1.54) is 0 Å². The van der Waals surface area contributed by atoms with E-state index in [2.05, 4.69) is 314 Å². The van der Waals surface area contributed by atoms with Crippen LogP contribution in [0.5, 0.6) is 0 Å². The summed E-state index contributed by atoms with van der Waals surface area (Å²) in [5, 5.41) is 0. The number of allylic oxidation sites excluding steroid dienone is 20. The Morgan fingerprint density at radius 1 is 0.207 bits per heavy atom. The molecule has 8 nitrogen and oxygen atoms in total. The van der Waals surface area contributed by atoms with Crippen molar-refractivity contribution in [3.63, 3.8) is 0 Å². The Labute approximate surface area is 612 Å². The second-order valence-electron chi connectivity index (χ2n) is 33.1. The van der Waals surface area contributed by atoms with Crippen molar-refractivity contribution in [3.05, 3.63) is 197 Å². The summed E-state index contributed by atoms with van der Waals surface area (Å²) in [6, 6.07) is 0. The van der Waals surface area contributed by atoms with Crippen molar-refractivity contribution in [2.45, 2.75) is 166 Å². The van der Waals surface area contributed by atoms with Crippen LogP contribution in [0.3, 0.4) is 0 Å². The summed E-state index contributed by atoms with van der Waals surface area (Å²) in [6.07, 6.45) is 16.3. The summed E-state index contributed by atoms with van der Waals surface area (Å²) in [7, 11) is 0. The molecule has 4 N–H and O–H groups in total. The van der Waals surface area contributed by atoms with E-state index in [1.54, 1.807) is 0 Å². The molecule has 0 fully saturated rings. The minimum Gasteiger partial charge on any atom is -0.352 e. The summed E-state index contributed by atoms with van der Waals surface area (Å²) in [5.41, 5.74) is 12.2. The first-order valence-electron chi connectivity index (χ1n) is 30.9. The van der Waals surface area contributed by atoms with E-state index in [-0.39, 0.29) is 23.1 Å². The molecule has 488 valence electrons. The second kappa shape index (κ2) is 24.2. The van der Waals surface area contributed by atoms with Gasteiger partial charge in [0.1, 0.15) is 0 Å². The Hall–Kier alpha value is -3.48. The average Bonchev–Trinajstić information content (AvgIpc) is 1.46. The average molecular weight is 1760 g/mol. The van der Waals surface area contributed by atoms with Crippen LogP contribution >= 0.6 is 127 Å². The second-order valence-corrected chi connectivity index (χ2v) is 39.5. The molecular formula is C76H84Br8N4O4. The van der Waals surface area contributed by atoms with Crippen LogP contribution in [0.4, 0.5) is 0 Å². The number of rotatable bonds is 0. The van der Waals surface area contributed by atoms with Gasteiger partial charge in [0.2, 0.25) is 0 Å². The van der Waals surface area contributed by atoms with Gasteiger partial charge in [-0.05, 0) is 242 Å². The van der Waals surface area contributed by atoms with Crippen LogP contribution in [0.2, 0.25) is 0 Å². The van der Waals surface area contributed by atoms with Crippen LogP contribution in [0.25, 0.3) is 22.3 Å². The minimum absolute atomic E-state index is 0.00811. The number of H-pyrrole nitrogens is 4. The number of Topliss-reactive ketones (excluding diaryl/α,β-unsaturated/α-hetero) is 4. The molecule has 9 rings (SSSR count). The van der Waals surface area contributed by atoms with Crippen molar-refractivity contribution in [1.82, 2.24) is 19.9 Å². The third kappa shape index (κ3) is 13.0. The van der Waals surface area contributed by atoms with Crippen LogP contribution in [-0.2, 0) is 19.2 Å². The summed E-state index contributed by atoms with van der Waals surface area (Å²) in [6.45, 7) is 49.9. The molecule has 8 bridgehead atoms. The highest BCUT2D eigenvalue weighted by Crippen LogP contribution is 2.56. The molecule has 1 aliphatic heterocycles. The van der Waals surface area contributed by atoms with Gasteiger partial charge >= 0.3 is 0 Å². The number of carbonyl (C=O) groups excluding carboxylic acids is 4. The highest BCUT2D eigenvalue weighted by Gasteiger charge is 2.43. The van der Waals surface area contributed by atoms with Crippen molar-refractivity contribution < 1.29 is 19.2 Å². The van der Waals surface area contributed by atoms with Crippen molar-refractivity contribution >= 4 is 173 Å². The van der Waals surface area contributed by atoms with Crippen LogP contribution in [0, 0.1) is 43.3 Å². The first-order valence-corrected chi connectivity index (χ1v) is 37.3. The van der Waals surface area contributed by atoms with Crippen LogP contribution < -0.4 is 0 Å². The Kier molecular flexibility index (Phi) is 19.1. The van der Waals surface area contributed by atoms with E-state index in [0.29, 0.717) is 126 Å². The van der Waals surface area contributed by atoms with Gasteiger partial charge in [0.15, 0.2) is 23.1 Å². The fourth-order valence-electron chi connectivity index (χ4n) is 12.4. The predicted octanol–water partition coefficient (Wildman–Crippen LogP) is 24.7. The lowest BCUT2D eigenvalue weighted by Gasteiger charge is -2.32. The van der Waals surface area contributed by atoms with Crippen molar-refractivity contribution in [3.8, 4) is 0 Å². The first kappa shape index (κ1) is 72.8. The number of carbonyl (C=O) groups is 4. The lowest BCUT2D eigenvalue weighted by Crippen LogP contribution is -2.28. The lowest BCUT2D eigenvalue weighted by atomic mass is 9.71. The molecule has 92 heavy (non-hydrogen) atoms. The normalized spacial score (nSPS) is 18.0. The lowest BCUT2D eigenvalue weighted by molar-refractivity contribution is -0.114. The van der Waals surface area contributed by atoms with E-state index in [0.717, 1.165) is 44.6 Å². The van der Waals surface area contributed by atoms with E-state index in [9.17, 15) is 0 Å². The van der Waals surface area contributed by atoms with Crippen molar-refractivity contribution in [2.24, 2.45) is 43.3 Å². The molecule has 0 amide bonds. The number of hydrogen-bond donors (Lipinski definition) is 4. The molecule has 0 saturated heterocycles. The van der Waals surface area contributed by atoms with Crippen LogP contribution in [0.15, 0.2) is 151 Å². The number of aromatic nitrogens is 4. The standard InChI is InChI=1S/C76H84Br8N4O4/c1-69(2,3)37-25-33(26-38(65(37)89)70(4,5)6)45-57-49(77)51(79)59(85-57)46(34-27-39(71(7,8)9)66(90)40(28-34)72(10,11)12)61-53(81)55(83)63(87-61)48(36-31-43(75(19,20)21)68(92)44(32-36)76(22,23)24)64-56(84)54(82)62(88-64)47(60-52(80)50(78)58(45)86-60)35-29-41(73(13,14)15)67(91)42(30-35)74(16,17)18/h25-32,85-88H,1-24H3. The van der Waals surface area contributed by atoms with Gasteiger partial charge in [-0.1, -0.05) is 166 Å². The maximum Gasteiger partial charge on any atom is 0.186 e. The fraction of sp³-hybridized carbons (Fsp3) is 0.421. The Morgan fingerprint density at radius 3 is 0.391 bits per heavy atom. The van der Waals surface area contributed by atoms with Gasteiger partial charge < -0.3 is 19.9 Å².